The topological polar surface area (TPSA) is 110 Å². The molecular formula is C18H18FN7O3. The summed E-state index contributed by atoms with van der Waals surface area (Å²) in [6.45, 7) is 1.62. The molecular weight excluding hydrogens is 381 g/mol. The highest BCUT2D eigenvalue weighted by molar-refractivity contribution is 5.90. The molecule has 1 N–H and O–H groups in total. The first kappa shape index (κ1) is 18.7. The molecule has 3 heterocycles. The number of ether oxygens (including phenoxy) is 1. The van der Waals surface area contributed by atoms with E-state index >= 15 is 0 Å². The van der Waals surface area contributed by atoms with Gasteiger partial charge in [-0.1, -0.05) is 5.10 Å². The van der Waals surface area contributed by atoms with Crippen molar-refractivity contribution in [3.05, 3.63) is 42.3 Å². The summed E-state index contributed by atoms with van der Waals surface area (Å²) in [5, 5.41) is 20.9. The van der Waals surface area contributed by atoms with Gasteiger partial charge in [0.25, 0.3) is 5.95 Å². The molecule has 1 amide bonds. The van der Waals surface area contributed by atoms with Gasteiger partial charge in [-0.05, 0) is 47.7 Å². The first-order valence-electron chi connectivity index (χ1n) is 8.77. The monoisotopic (exact) mass is 399 g/mol. The Kier molecular flexibility index (Phi) is 4.59. The van der Waals surface area contributed by atoms with Crippen LogP contribution in [0, 0.1) is 5.82 Å². The maximum Gasteiger partial charge on any atom is 0.417 e. The van der Waals surface area contributed by atoms with E-state index in [2.05, 4.69) is 20.5 Å². The summed E-state index contributed by atoms with van der Waals surface area (Å²) in [7, 11) is 3.49. The van der Waals surface area contributed by atoms with E-state index in [0.29, 0.717) is 28.6 Å². The molecule has 150 valence electrons. The number of nitrogens with zero attached hydrogens (tertiary/aromatic N) is 7. The second-order valence-corrected chi connectivity index (χ2v) is 6.62. The molecule has 1 unspecified atom stereocenters. The van der Waals surface area contributed by atoms with Gasteiger partial charge < -0.3 is 9.84 Å². The summed E-state index contributed by atoms with van der Waals surface area (Å²) >= 11 is 0. The smallest absolute Gasteiger partial charge is 0.417 e. The molecule has 29 heavy (non-hydrogen) atoms. The molecule has 0 bridgehead atoms. The van der Waals surface area contributed by atoms with E-state index in [1.54, 1.807) is 56.4 Å². The summed E-state index contributed by atoms with van der Waals surface area (Å²) in [5.41, 5.74) is 1.20. The Balaban J connectivity index is 1.59. The van der Waals surface area contributed by atoms with E-state index in [9.17, 15) is 14.3 Å². The van der Waals surface area contributed by atoms with E-state index in [1.165, 1.54) is 15.6 Å². The van der Waals surface area contributed by atoms with Crippen molar-refractivity contribution in [2.45, 2.75) is 19.3 Å². The van der Waals surface area contributed by atoms with Crippen molar-refractivity contribution in [2.75, 3.05) is 16.8 Å². The van der Waals surface area contributed by atoms with Gasteiger partial charge in [0.2, 0.25) is 6.29 Å². The zero-order chi connectivity index (χ0) is 20.7. The van der Waals surface area contributed by atoms with Gasteiger partial charge in [-0.25, -0.2) is 18.9 Å². The maximum absolute atomic E-state index is 14.8. The van der Waals surface area contributed by atoms with Crippen molar-refractivity contribution in [1.82, 2.24) is 25.2 Å². The highest BCUT2D eigenvalue weighted by Gasteiger charge is 2.38. The van der Waals surface area contributed by atoms with Crippen molar-refractivity contribution in [3.8, 4) is 11.1 Å². The SMILES string of the molecule is CC1[C@H](O)OC(=O)N1c1ccc(-c2ccc(N(C)c3nnnn3C)nc2)c(F)c1. The number of pyridine rings is 1. The largest absolute Gasteiger partial charge is 0.417 e. The number of carbonyl (C=O) groups excluding carboxylic acids is 1. The van der Waals surface area contributed by atoms with Crippen LogP contribution in [-0.2, 0) is 11.8 Å². The van der Waals surface area contributed by atoms with Gasteiger partial charge in [-0.2, -0.15) is 0 Å². The van der Waals surface area contributed by atoms with Crippen molar-refractivity contribution in [2.24, 2.45) is 7.05 Å². The zero-order valence-corrected chi connectivity index (χ0v) is 15.9. The number of halogens is 1. The molecule has 0 radical (unpaired) electrons. The minimum absolute atomic E-state index is 0.305. The highest BCUT2D eigenvalue weighted by Crippen LogP contribution is 2.31. The van der Waals surface area contributed by atoms with E-state index in [-0.39, 0.29) is 0 Å². The molecule has 0 saturated carbocycles. The number of hydrogen-bond donors (Lipinski definition) is 1. The Morgan fingerprint density at radius 1 is 1.28 bits per heavy atom. The Labute approximate surface area is 165 Å². The van der Waals surface area contributed by atoms with Gasteiger partial charge in [0, 0.05) is 31.4 Å². The molecule has 1 aromatic carbocycles. The number of aryl methyl sites for hydroxylation is 1. The third kappa shape index (κ3) is 3.25. The molecule has 1 saturated heterocycles. The predicted molar refractivity (Wildman–Crippen MR) is 101 cm³/mol. The summed E-state index contributed by atoms with van der Waals surface area (Å²) < 4.78 is 21.0. The summed E-state index contributed by atoms with van der Waals surface area (Å²) in [6.07, 6.45) is -0.419. The molecule has 1 aliphatic rings. The van der Waals surface area contributed by atoms with Crippen LogP contribution in [0.5, 0.6) is 0 Å². The lowest BCUT2D eigenvalue weighted by Gasteiger charge is -2.19. The molecule has 0 aliphatic carbocycles. The molecule has 3 aromatic rings. The van der Waals surface area contributed by atoms with E-state index in [4.69, 9.17) is 4.74 Å². The molecule has 11 heteroatoms. The predicted octanol–water partition coefficient (Wildman–Crippen LogP) is 1.84. The van der Waals surface area contributed by atoms with Gasteiger partial charge in [0.15, 0.2) is 0 Å². The molecule has 1 aliphatic heterocycles. The Hall–Kier alpha value is -3.60. The summed E-state index contributed by atoms with van der Waals surface area (Å²) in [6, 6.07) is 7.24. The van der Waals surface area contributed by atoms with Crippen LogP contribution in [-0.4, -0.2) is 55.8 Å². The normalized spacial score (nSPS) is 18.8. The van der Waals surface area contributed by atoms with Crippen LogP contribution in [0.4, 0.5) is 26.6 Å². The van der Waals surface area contributed by atoms with Crippen molar-refractivity contribution < 1.29 is 19.0 Å². The Morgan fingerprint density at radius 2 is 2.07 bits per heavy atom. The molecule has 1 fully saturated rings. The van der Waals surface area contributed by atoms with E-state index in [0.717, 1.165) is 0 Å². The van der Waals surface area contributed by atoms with Crippen LogP contribution >= 0.6 is 0 Å². The van der Waals surface area contributed by atoms with Gasteiger partial charge in [0.1, 0.15) is 11.6 Å². The number of rotatable bonds is 4. The Bertz CT molecular complexity index is 1060. The molecule has 4 rings (SSSR count). The molecule has 10 nitrogen and oxygen atoms in total. The lowest BCUT2D eigenvalue weighted by Crippen LogP contribution is -2.33. The van der Waals surface area contributed by atoms with Crippen molar-refractivity contribution in [3.63, 3.8) is 0 Å². The van der Waals surface area contributed by atoms with Crippen LogP contribution < -0.4 is 9.80 Å². The second kappa shape index (κ2) is 7.09. The van der Waals surface area contributed by atoms with Crippen molar-refractivity contribution >= 4 is 23.5 Å². The van der Waals surface area contributed by atoms with Gasteiger partial charge >= 0.3 is 6.09 Å². The van der Waals surface area contributed by atoms with E-state index < -0.39 is 24.2 Å². The number of aliphatic hydroxyl groups is 1. The number of aliphatic hydroxyl groups excluding tert-OH is 1. The van der Waals surface area contributed by atoms with Crippen molar-refractivity contribution in [1.29, 1.82) is 0 Å². The minimum Gasteiger partial charge on any atom is -0.417 e. The summed E-state index contributed by atoms with van der Waals surface area (Å²) in [5.74, 6) is 0.574. The lowest BCUT2D eigenvalue weighted by atomic mass is 10.1. The molecule has 0 spiro atoms. The second-order valence-electron chi connectivity index (χ2n) is 6.62. The summed E-state index contributed by atoms with van der Waals surface area (Å²) in [4.78, 5) is 19.1. The number of anilines is 3. The minimum atomic E-state index is -1.25. The maximum atomic E-state index is 14.8. The molecule has 2 atom stereocenters. The number of cyclic esters (lactones) is 1. The third-order valence-electron chi connectivity index (χ3n) is 4.77. The van der Waals surface area contributed by atoms with E-state index in [1.807, 2.05) is 0 Å². The Morgan fingerprint density at radius 3 is 2.62 bits per heavy atom. The fourth-order valence-corrected chi connectivity index (χ4v) is 3.14. The first-order chi connectivity index (χ1) is 13.9. The quantitative estimate of drug-likeness (QED) is 0.708. The van der Waals surface area contributed by atoms with Crippen LogP contribution in [0.25, 0.3) is 11.1 Å². The lowest BCUT2D eigenvalue weighted by molar-refractivity contribution is -0.0312. The van der Waals surface area contributed by atoms with Gasteiger partial charge in [0.05, 0.1) is 11.7 Å². The van der Waals surface area contributed by atoms with Gasteiger partial charge in [-0.15, -0.1) is 0 Å². The zero-order valence-electron chi connectivity index (χ0n) is 15.9. The fraction of sp³-hybridized carbons (Fsp3) is 0.278. The standard InChI is InChI=1S/C18H18FN7O3/c1-10-16(27)29-18(28)26(10)12-5-6-13(14(19)8-12)11-4-7-15(20-9-11)24(2)17-21-22-23-25(17)3/h4-10,16,27H,1-3H3/t10?,16-/m1/s1. The first-order valence-corrected chi connectivity index (χ1v) is 8.77. The van der Waals surface area contributed by atoms with Crippen LogP contribution in [0.15, 0.2) is 36.5 Å². The molecule has 2 aromatic heterocycles. The average Bonchev–Trinajstić information content (AvgIpc) is 3.24. The van der Waals surface area contributed by atoms with Crippen LogP contribution in [0.2, 0.25) is 0 Å². The number of tetrazole rings is 1. The van der Waals surface area contributed by atoms with Gasteiger partial charge in [-0.3, -0.25) is 9.80 Å². The number of benzene rings is 1. The average molecular weight is 399 g/mol. The van der Waals surface area contributed by atoms with Crippen LogP contribution in [0.1, 0.15) is 6.92 Å². The third-order valence-corrected chi connectivity index (χ3v) is 4.77. The van der Waals surface area contributed by atoms with Crippen LogP contribution in [0.3, 0.4) is 0 Å². The number of aromatic nitrogens is 5. The fourth-order valence-electron chi connectivity index (χ4n) is 3.14. The highest BCUT2D eigenvalue weighted by atomic mass is 19.1. The number of carbonyl (C=O) groups is 1. The number of hydrogen-bond acceptors (Lipinski definition) is 8. The number of amides is 1.